The van der Waals surface area contributed by atoms with E-state index < -0.39 is 0 Å². The summed E-state index contributed by atoms with van der Waals surface area (Å²) in [7, 11) is 0. The number of nitrogens with zero attached hydrogens (tertiary/aromatic N) is 8. The van der Waals surface area contributed by atoms with Gasteiger partial charge < -0.3 is 0 Å². The van der Waals surface area contributed by atoms with Gasteiger partial charge in [-0.15, -0.1) is 10.2 Å². The Bertz CT molecular complexity index is 807. The molecule has 0 saturated carbocycles. The maximum Gasteiger partial charge on any atom is 0.109 e. The van der Waals surface area contributed by atoms with Crippen LogP contribution in [0.1, 0.15) is 29.2 Å². The molecule has 0 spiro atoms. The Balaban J connectivity index is 1.55. The number of rotatable bonds is 4. The highest BCUT2D eigenvalue weighted by Gasteiger charge is 2.21. The van der Waals surface area contributed by atoms with Gasteiger partial charge in [0.05, 0.1) is 29.8 Å². The molecule has 0 amide bonds. The van der Waals surface area contributed by atoms with Crippen LogP contribution >= 0.6 is 0 Å². The van der Waals surface area contributed by atoms with Gasteiger partial charge in [-0.1, -0.05) is 16.5 Å². The summed E-state index contributed by atoms with van der Waals surface area (Å²) in [6.45, 7) is 6.20. The third-order valence-electron chi connectivity index (χ3n) is 4.36. The van der Waals surface area contributed by atoms with Gasteiger partial charge in [-0.25, -0.2) is 9.36 Å². The molecule has 0 unspecified atom stereocenters. The summed E-state index contributed by atoms with van der Waals surface area (Å²) in [6.07, 6.45) is 4.67. The van der Waals surface area contributed by atoms with Crippen LogP contribution in [0.25, 0.3) is 0 Å². The summed E-state index contributed by atoms with van der Waals surface area (Å²) in [6, 6.07) is 6.05. The summed E-state index contributed by atoms with van der Waals surface area (Å²) in [5.74, 6) is 0. The average Bonchev–Trinajstić information content (AvgIpc) is 3.10. The molecule has 0 N–H and O–H groups in total. The van der Waals surface area contributed by atoms with E-state index in [1.54, 1.807) is 6.20 Å². The molecular weight excluding hydrogens is 304 g/mol. The normalized spacial score (nSPS) is 15.2. The molecule has 1 aliphatic rings. The van der Waals surface area contributed by atoms with Crippen LogP contribution in [0.4, 0.5) is 0 Å². The highest BCUT2D eigenvalue weighted by Crippen LogP contribution is 2.17. The van der Waals surface area contributed by atoms with Crippen LogP contribution in [0.5, 0.6) is 0 Å². The lowest BCUT2D eigenvalue weighted by Gasteiger charge is -2.19. The highest BCUT2D eigenvalue weighted by atomic mass is 15.5. The van der Waals surface area contributed by atoms with E-state index in [4.69, 9.17) is 0 Å². The lowest BCUT2D eigenvalue weighted by molar-refractivity contribution is 0.257. The van der Waals surface area contributed by atoms with Crippen LogP contribution in [-0.2, 0) is 26.2 Å². The molecule has 0 fully saturated rings. The maximum absolute atomic E-state index is 4.44. The van der Waals surface area contributed by atoms with Crippen LogP contribution in [-0.4, -0.2) is 46.4 Å². The predicted molar refractivity (Wildman–Crippen MR) is 86.9 cm³/mol. The van der Waals surface area contributed by atoms with Crippen molar-refractivity contribution in [1.29, 1.82) is 0 Å². The van der Waals surface area contributed by atoms with Crippen molar-refractivity contribution in [3.8, 4) is 0 Å². The van der Waals surface area contributed by atoms with Crippen LogP contribution in [0.15, 0.2) is 30.6 Å². The third kappa shape index (κ3) is 3.05. The summed E-state index contributed by atoms with van der Waals surface area (Å²) >= 11 is 0. The monoisotopic (exact) mass is 324 g/mol. The van der Waals surface area contributed by atoms with Gasteiger partial charge in [0.2, 0.25) is 0 Å². The number of aromatic nitrogens is 7. The highest BCUT2D eigenvalue weighted by molar-refractivity contribution is 5.13. The molecule has 3 aromatic rings. The second kappa shape index (κ2) is 6.48. The number of fused-ring (bicyclic) bond motifs is 1. The van der Waals surface area contributed by atoms with Gasteiger partial charge in [0.25, 0.3) is 0 Å². The van der Waals surface area contributed by atoms with E-state index in [-0.39, 0.29) is 0 Å². The average molecular weight is 324 g/mol. The van der Waals surface area contributed by atoms with Crippen LogP contribution in [0.3, 0.4) is 0 Å². The van der Waals surface area contributed by atoms with E-state index in [9.17, 15) is 0 Å². The molecule has 8 heteroatoms. The van der Waals surface area contributed by atoms with Crippen LogP contribution in [0, 0.1) is 6.92 Å². The van der Waals surface area contributed by atoms with Crippen molar-refractivity contribution >= 4 is 0 Å². The fourth-order valence-corrected chi connectivity index (χ4v) is 3.04. The zero-order chi connectivity index (χ0) is 16.4. The van der Waals surface area contributed by atoms with Gasteiger partial charge in [-0.2, -0.15) is 0 Å². The molecule has 0 aromatic carbocycles. The Labute approximate surface area is 140 Å². The van der Waals surface area contributed by atoms with Gasteiger partial charge >= 0.3 is 0 Å². The van der Waals surface area contributed by atoms with Crippen molar-refractivity contribution in [2.75, 3.05) is 6.54 Å². The molecule has 8 nitrogen and oxygen atoms in total. The molecule has 0 bridgehead atoms. The SMILES string of the molecule is Cc1cnnn1Cc1nnn2c1CN(Cc1ccccn1)CCC2. The van der Waals surface area contributed by atoms with E-state index in [0.29, 0.717) is 6.54 Å². The van der Waals surface area contributed by atoms with Crippen molar-refractivity contribution < 1.29 is 0 Å². The topological polar surface area (TPSA) is 77.5 Å². The molecule has 24 heavy (non-hydrogen) atoms. The summed E-state index contributed by atoms with van der Waals surface area (Å²) < 4.78 is 3.89. The minimum absolute atomic E-state index is 0.610. The number of hydrogen-bond acceptors (Lipinski definition) is 6. The molecule has 0 saturated heterocycles. The second-order valence-corrected chi connectivity index (χ2v) is 6.12. The van der Waals surface area contributed by atoms with Crippen molar-refractivity contribution in [1.82, 2.24) is 39.9 Å². The lowest BCUT2D eigenvalue weighted by Crippen LogP contribution is -2.24. The van der Waals surface area contributed by atoms with Gasteiger partial charge in [0, 0.05) is 32.4 Å². The zero-order valence-corrected chi connectivity index (χ0v) is 13.7. The Kier molecular flexibility index (Phi) is 4.04. The quantitative estimate of drug-likeness (QED) is 0.713. The predicted octanol–water partition coefficient (Wildman–Crippen LogP) is 1.03. The molecule has 4 heterocycles. The fourth-order valence-electron chi connectivity index (χ4n) is 3.04. The number of pyridine rings is 1. The summed E-state index contributed by atoms with van der Waals surface area (Å²) in [5.41, 5.74) is 4.25. The third-order valence-corrected chi connectivity index (χ3v) is 4.36. The molecule has 3 aromatic heterocycles. The van der Waals surface area contributed by atoms with E-state index in [2.05, 4.69) is 36.6 Å². The molecule has 1 aliphatic heterocycles. The van der Waals surface area contributed by atoms with E-state index >= 15 is 0 Å². The molecule has 124 valence electrons. The standard InChI is InChI=1S/C16H20N8/c1-13-9-18-20-24(13)11-15-16-12-22(7-4-8-23(16)21-19-15)10-14-5-2-3-6-17-14/h2-3,5-6,9H,4,7-8,10-12H2,1H3. The van der Waals surface area contributed by atoms with Crippen LogP contribution in [0.2, 0.25) is 0 Å². The van der Waals surface area contributed by atoms with Gasteiger partial charge in [-0.05, 0) is 25.5 Å². The summed E-state index contributed by atoms with van der Waals surface area (Å²) in [4.78, 5) is 6.84. The first kappa shape index (κ1) is 14.9. The molecule has 0 radical (unpaired) electrons. The minimum atomic E-state index is 0.610. The zero-order valence-electron chi connectivity index (χ0n) is 13.7. The Hall–Kier alpha value is -2.61. The fraction of sp³-hybridized carbons (Fsp3) is 0.438. The molecular formula is C16H20N8. The van der Waals surface area contributed by atoms with E-state index in [0.717, 1.165) is 49.7 Å². The van der Waals surface area contributed by atoms with Crippen molar-refractivity contribution in [2.45, 2.75) is 39.5 Å². The summed E-state index contributed by atoms with van der Waals surface area (Å²) in [5, 5.41) is 16.8. The van der Waals surface area contributed by atoms with Crippen molar-refractivity contribution in [3.63, 3.8) is 0 Å². The van der Waals surface area contributed by atoms with E-state index in [1.807, 2.05) is 34.6 Å². The first-order valence-corrected chi connectivity index (χ1v) is 8.18. The molecule has 4 rings (SSSR count). The molecule has 0 atom stereocenters. The first-order valence-electron chi connectivity index (χ1n) is 8.18. The number of aryl methyl sites for hydroxylation is 2. The Morgan fingerprint density at radius 2 is 2.08 bits per heavy atom. The van der Waals surface area contributed by atoms with Gasteiger partial charge in [0.15, 0.2) is 0 Å². The Morgan fingerprint density at radius 3 is 2.88 bits per heavy atom. The lowest BCUT2D eigenvalue weighted by atomic mass is 10.2. The van der Waals surface area contributed by atoms with Crippen molar-refractivity contribution in [2.24, 2.45) is 0 Å². The second-order valence-electron chi connectivity index (χ2n) is 6.12. The smallest absolute Gasteiger partial charge is 0.109 e. The minimum Gasteiger partial charge on any atom is -0.292 e. The van der Waals surface area contributed by atoms with Gasteiger partial charge in [0.1, 0.15) is 5.69 Å². The largest absolute Gasteiger partial charge is 0.292 e. The molecule has 0 aliphatic carbocycles. The van der Waals surface area contributed by atoms with Crippen molar-refractivity contribution in [3.05, 3.63) is 53.4 Å². The van der Waals surface area contributed by atoms with E-state index in [1.165, 1.54) is 5.69 Å². The number of hydrogen-bond donors (Lipinski definition) is 0. The van der Waals surface area contributed by atoms with Gasteiger partial charge in [-0.3, -0.25) is 9.88 Å². The Morgan fingerprint density at radius 1 is 1.12 bits per heavy atom. The maximum atomic E-state index is 4.44. The van der Waals surface area contributed by atoms with Crippen LogP contribution < -0.4 is 0 Å². The first-order chi connectivity index (χ1) is 11.8.